The van der Waals surface area contributed by atoms with Crippen LogP contribution in [0.5, 0.6) is 0 Å². The summed E-state index contributed by atoms with van der Waals surface area (Å²) in [5.41, 5.74) is 18.3. The molecule has 0 radical (unpaired) electrons. The average Bonchev–Trinajstić information content (AvgIpc) is 3.93. The number of benzene rings is 10. The van der Waals surface area contributed by atoms with Gasteiger partial charge in [-0.15, -0.1) is 0 Å². The van der Waals surface area contributed by atoms with E-state index in [-0.39, 0.29) is 0 Å². The molecular formula is C63H40N2O. The van der Waals surface area contributed by atoms with Crippen LogP contribution in [0.15, 0.2) is 247 Å². The van der Waals surface area contributed by atoms with E-state index in [1.165, 1.54) is 50.1 Å². The van der Waals surface area contributed by atoms with Gasteiger partial charge in [0.15, 0.2) is 5.82 Å². The Morgan fingerprint density at radius 3 is 1.58 bits per heavy atom. The van der Waals surface area contributed by atoms with Gasteiger partial charge in [0.2, 0.25) is 0 Å². The van der Waals surface area contributed by atoms with Gasteiger partial charge in [0.05, 0.1) is 16.8 Å². The molecule has 10 aromatic carbocycles. The van der Waals surface area contributed by atoms with E-state index in [1.54, 1.807) is 0 Å². The maximum Gasteiger partial charge on any atom is 0.160 e. The van der Waals surface area contributed by atoms with Crippen LogP contribution in [-0.2, 0) is 5.41 Å². The van der Waals surface area contributed by atoms with Crippen molar-refractivity contribution in [1.82, 2.24) is 9.97 Å². The topological polar surface area (TPSA) is 38.9 Å². The second-order valence-corrected chi connectivity index (χ2v) is 17.2. The van der Waals surface area contributed by atoms with Gasteiger partial charge in [-0.1, -0.05) is 218 Å². The lowest BCUT2D eigenvalue weighted by atomic mass is 9.67. The van der Waals surface area contributed by atoms with Gasteiger partial charge < -0.3 is 4.42 Å². The summed E-state index contributed by atoms with van der Waals surface area (Å²) < 4.78 is 6.52. The Balaban J connectivity index is 0.904. The van der Waals surface area contributed by atoms with Crippen molar-refractivity contribution in [3.8, 4) is 67.3 Å². The Morgan fingerprint density at radius 2 is 0.833 bits per heavy atom. The summed E-state index contributed by atoms with van der Waals surface area (Å²) in [6.07, 6.45) is 0. The van der Waals surface area contributed by atoms with Crippen LogP contribution in [0.2, 0.25) is 0 Å². The molecule has 3 heteroatoms. The van der Waals surface area contributed by atoms with Gasteiger partial charge in [-0.25, -0.2) is 9.97 Å². The lowest BCUT2D eigenvalue weighted by molar-refractivity contribution is 0.670. The molecule has 0 atom stereocenters. The highest BCUT2D eigenvalue weighted by Gasteiger charge is 2.46. The van der Waals surface area contributed by atoms with Crippen LogP contribution in [0.4, 0.5) is 0 Å². The minimum Gasteiger partial charge on any atom is -0.455 e. The predicted octanol–water partition coefficient (Wildman–Crippen LogP) is 16.2. The number of aromatic nitrogens is 2. The Hall–Kier alpha value is -8.66. The first kappa shape index (κ1) is 37.9. The molecule has 0 bridgehead atoms. The first-order chi connectivity index (χ1) is 32.7. The third-order valence-corrected chi connectivity index (χ3v) is 13.6. The van der Waals surface area contributed by atoms with Gasteiger partial charge in [0.1, 0.15) is 11.2 Å². The van der Waals surface area contributed by atoms with Crippen molar-refractivity contribution in [3.05, 3.63) is 265 Å². The molecule has 0 spiro atoms. The fourth-order valence-corrected chi connectivity index (χ4v) is 10.6. The van der Waals surface area contributed by atoms with E-state index in [9.17, 15) is 0 Å². The molecule has 0 unspecified atom stereocenters. The van der Waals surface area contributed by atoms with Gasteiger partial charge in [-0.05, 0) is 90.7 Å². The number of rotatable bonds is 7. The first-order valence-corrected chi connectivity index (χ1v) is 22.6. The van der Waals surface area contributed by atoms with Crippen molar-refractivity contribution < 1.29 is 4.42 Å². The summed E-state index contributed by atoms with van der Waals surface area (Å²) in [6, 6.07) is 87.0. The Kier molecular flexibility index (Phi) is 8.75. The number of hydrogen-bond acceptors (Lipinski definition) is 3. The summed E-state index contributed by atoms with van der Waals surface area (Å²) in [5, 5.41) is 4.45. The lowest BCUT2D eigenvalue weighted by Crippen LogP contribution is -2.28. The van der Waals surface area contributed by atoms with Crippen LogP contribution in [-0.4, -0.2) is 9.97 Å². The van der Waals surface area contributed by atoms with E-state index in [4.69, 9.17) is 14.4 Å². The maximum absolute atomic E-state index is 6.52. The fourth-order valence-electron chi connectivity index (χ4n) is 10.6. The van der Waals surface area contributed by atoms with E-state index in [2.05, 4.69) is 212 Å². The lowest BCUT2D eigenvalue weighted by Gasteiger charge is -2.33. The minimum absolute atomic E-state index is 0.414. The van der Waals surface area contributed by atoms with Crippen molar-refractivity contribution in [2.45, 2.75) is 5.41 Å². The highest BCUT2D eigenvalue weighted by Crippen LogP contribution is 2.56. The van der Waals surface area contributed by atoms with Gasteiger partial charge in [0, 0.05) is 27.5 Å². The van der Waals surface area contributed by atoms with Crippen LogP contribution in [0.25, 0.3) is 100.0 Å². The summed E-state index contributed by atoms with van der Waals surface area (Å²) in [7, 11) is 0. The van der Waals surface area contributed by atoms with E-state index < -0.39 is 5.41 Å². The number of hydrogen-bond donors (Lipinski definition) is 0. The summed E-state index contributed by atoms with van der Waals surface area (Å²) >= 11 is 0. The van der Waals surface area contributed by atoms with Crippen molar-refractivity contribution in [2.24, 2.45) is 0 Å². The molecule has 1 aliphatic carbocycles. The molecule has 2 aromatic heterocycles. The molecule has 3 nitrogen and oxygen atoms in total. The number of fused-ring (bicyclic) bond motifs is 7. The Morgan fingerprint density at radius 1 is 0.303 bits per heavy atom. The van der Waals surface area contributed by atoms with Gasteiger partial charge >= 0.3 is 0 Å². The van der Waals surface area contributed by atoms with Crippen molar-refractivity contribution in [3.63, 3.8) is 0 Å². The van der Waals surface area contributed by atoms with Gasteiger partial charge in [-0.3, -0.25) is 0 Å². The van der Waals surface area contributed by atoms with Crippen LogP contribution in [0.1, 0.15) is 22.3 Å². The molecule has 308 valence electrons. The number of furan rings is 1. The molecule has 12 aromatic rings. The monoisotopic (exact) mass is 840 g/mol. The molecule has 0 aliphatic heterocycles. The SMILES string of the molecule is c1ccc(-c2nc(-c3ccc(-c4ccc(-c5ccc6c(c5)-c5ccccc5C6(c5ccccc5)c5ccccc5)cc4)c4ccccc34)cc(-c3cccc4c3oc3ccccc34)n2)cc1. The molecule has 66 heavy (non-hydrogen) atoms. The van der Waals surface area contributed by atoms with E-state index in [0.29, 0.717) is 5.82 Å². The van der Waals surface area contributed by atoms with Gasteiger partial charge in [-0.2, -0.15) is 0 Å². The fraction of sp³-hybridized carbons (Fsp3) is 0.0159. The summed E-state index contributed by atoms with van der Waals surface area (Å²) in [5.74, 6) is 0.667. The third kappa shape index (κ3) is 5.91. The second kappa shape index (κ2) is 15.3. The first-order valence-electron chi connectivity index (χ1n) is 22.6. The Bertz CT molecular complexity index is 3760. The van der Waals surface area contributed by atoms with Crippen molar-refractivity contribution in [1.29, 1.82) is 0 Å². The van der Waals surface area contributed by atoms with E-state index in [0.717, 1.165) is 66.4 Å². The minimum atomic E-state index is -0.414. The largest absolute Gasteiger partial charge is 0.455 e. The quantitative estimate of drug-likeness (QED) is 0.160. The van der Waals surface area contributed by atoms with Crippen LogP contribution in [0, 0.1) is 0 Å². The van der Waals surface area contributed by atoms with E-state index in [1.807, 2.05) is 30.3 Å². The second-order valence-electron chi connectivity index (χ2n) is 17.2. The number of para-hydroxylation sites is 2. The third-order valence-electron chi connectivity index (χ3n) is 13.6. The molecule has 0 fully saturated rings. The van der Waals surface area contributed by atoms with E-state index >= 15 is 0 Å². The van der Waals surface area contributed by atoms with Crippen molar-refractivity contribution >= 4 is 32.7 Å². The predicted molar refractivity (Wildman–Crippen MR) is 271 cm³/mol. The standard InChI is InChI=1S/C63H40N2O/c1-4-17-43(18-5-1)62-64-58(40-59(65-62)54-28-16-27-53-52-26-13-15-30-60(52)66-61(53)54)51-37-36-47(48-23-10-11-24-49(48)51)42-33-31-41(32-34-42)44-35-38-57-55(39-44)50-25-12-14-29-56(50)63(57,45-19-6-2-7-20-45)46-21-8-3-9-22-46/h1-40H. The zero-order valence-corrected chi connectivity index (χ0v) is 35.9. The maximum atomic E-state index is 6.52. The van der Waals surface area contributed by atoms with Crippen molar-refractivity contribution in [2.75, 3.05) is 0 Å². The smallest absolute Gasteiger partial charge is 0.160 e. The average molecular weight is 841 g/mol. The summed E-state index contributed by atoms with van der Waals surface area (Å²) in [4.78, 5) is 10.5. The molecular weight excluding hydrogens is 801 g/mol. The molecule has 2 heterocycles. The zero-order valence-electron chi connectivity index (χ0n) is 35.9. The van der Waals surface area contributed by atoms with Crippen LogP contribution in [0.3, 0.4) is 0 Å². The molecule has 0 N–H and O–H groups in total. The highest BCUT2D eigenvalue weighted by atomic mass is 16.3. The zero-order chi connectivity index (χ0) is 43.6. The molecule has 0 saturated heterocycles. The van der Waals surface area contributed by atoms with Crippen LogP contribution < -0.4 is 0 Å². The van der Waals surface area contributed by atoms with Crippen LogP contribution >= 0.6 is 0 Å². The summed E-state index contributed by atoms with van der Waals surface area (Å²) in [6.45, 7) is 0. The molecule has 13 rings (SSSR count). The molecule has 0 saturated carbocycles. The normalized spacial score (nSPS) is 12.7. The Labute approximate surface area is 383 Å². The van der Waals surface area contributed by atoms with Gasteiger partial charge in [0.25, 0.3) is 0 Å². The molecule has 0 amide bonds. The highest BCUT2D eigenvalue weighted by molar-refractivity contribution is 6.10. The number of nitrogens with zero attached hydrogens (tertiary/aromatic N) is 2. The molecule has 1 aliphatic rings.